The zero-order valence-electron chi connectivity index (χ0n) is 10.4. The first kappa shape index (κ1) is 14.1. The Labute approximate surface area is 125 Å². The minimum absolute atomic E-state index is 0.174. The Bertz CT molecular complexity index is 613. The van der Waals surface area contributed by atoms with Gasteiger partial charge in [0.15, 0.2) is 0 Å². The van der Waals surface area contributed by atoms with Gasteiger partial charge in [-0.3, -0.25) is 4.79 Å². The highest BCUT2D eigenvalue weighted by Crippen LogP contribution is 2.24. The smallest absolute Gasteiger partial charge is 0.255 e. The molecule has 0 saturated heterocycles. The summed E-state index contributed by atoms with van der Waals surface area (Å²) in [6.45, 7) is 2.09. The highest BCUT2D eigenvalue weighted by Gasteiger charge is 2.08. The lowest BCUT2D eigenvalue weighted by Gasteiger charge is -2.09. The summed E-state index contributed by atoms with van der Waals surface area (Å²) in [5, 5.41) is 3.41. The van der Waals surface area contributed by atoms with Crippen molar-refractivity contribution < 1.29 is 4.79 Å². The summed E-state index contributed by atoms with van der Waals surface area (Å²) in [5.41, 5.74) is 2.51. The highest BCUT2D eigenvalue weighted by atomic mass is 79.9. The summed E-state index contributed by atoms with van der Waals surface area (Å²) in [6.07, 6.45) is 0.959. The van der Waals surface area contributed by atoms with Crippen molar-refractivity contribution in [2.24, 2.45) is 0 Å². The van der Waals surface area contributed by atoms with Crippen LogP contribution in [-0.4, -0.2) is 5.91 Å². The lowest BCUT2D eigenvalue weighted by Crippen LogP contribution is -2.12. The fourth-order valence-corrected chi connectivity index (χ4v) is 2.42. The van der Waals surface area contributed by atoms with Crippen molar-refractivity contribution in [2.75, 3.05) is 5.32 Å². The van der Waals surface area contributed by atoms with Gasteiger partial charge in [0.25, 0.3) is 5.91 Å². The van der Waals surface area contributed by atoms with Crippen molar-refractivity contribution in [3.63, 3.8) is 0 Å². The van der Waals surface area contributed by atoms with Crippen molar-refractivity contribution >= 4 is 39.1 Å². The molecule has 0 aliphatic carbocycles. The van der Waals surface area contributed by atoms with Crippen LogP contribution in [0.5, 0.6) is 0 Å². The van der Waals surface area contributed by atoms with E-state index in [1.54, 1.807) is 24.3 Å². The summed E-state index contributed by atoms with van der Waals surface area (Å²) >= 11 is 9.34. The van der Waals surface area contributed by atoms with Gasteiger partial charge in [-0.05, 0) is 58.2 Å². The van der Waals surface area contributed by atoms with Gasteiger partial charge in [0.1, 0.15) is 0 Å². The van der Waals surface area contributed by atoms with Crippen LogP contribution >= 0.6 is 27.5 Å². The minimum atomic E-state index is -0.174. The average Bonchev–Trinajstić information content (AvgIpc) is 2.41. The van der Waals surface area contributed by atoms with Crippen LogP contribution in [0, 0.1) is 0 Å². The van der Waals surface area contributed by atoms with Gasteiger partial charge in [-0.2, -0.15) is 0 Å². The number of hydrogen-bond donors (Lipinski definition) is 1. The van der Waals surface area contributed by atoms with Gasteiger partial charge in [-0.15, -0.1) is 0 Å². The van der Waals surface area contributed by atoms with E-state index in [-0.39, 0.29) is 5.91 Å². The van der Waals surface area contributed by atoms with E-state index in [4.69, 9.17) is 11.6 Å². The molecule has 0 atom stereocenters. The van der Waals surface area contributed by atoms with Crippen molar-refractivity contribution in [1.82, 2.24) is 0 Å². The Hall–Kier alpha value is -1.32. The number of benzene rings is 2. The third kappa shape index (κ3) is 3.58. The molecule has 0 saturated carbocycles. The van der Waals surface area contributed by atoms with Crippen LogP contribution < -0.4 is 5.32 Å². The molecule has 0 radical (unpaired) electrons. The summed E-state index contributed by atoms with van der Waals surface area (Å²) in [6, 6.07) is 12.8. The Morgan fingerprint density at radius 2 is 2.05 bits per heavy atom. The molecule has 2 aromatic rings. The van der Waals surface area contributed by atoms with E-state index in [9.17, 15) is 4.79 Å². The van der Waals surface area contributed by atoms with Crippen molar-refractivity contribution in [1.29, 1.82) is 0 Å². The molecule has 0 aromatic heterocycles. The molecule has 4 heteroatoms. The van der Waals surface area contributed by atoms with Gasteiger partial charge >= 0.3 is 0 Å². The fourth-order valence-electron chi connectivity index (χ4n) is 1.70. The predicted octanol–water partition coefficient (Wildman–Crippen LogP) is 4.92. The van der Waals surface area contributed by atoms with E-state index in [0.717, 1.165) is 16.6 Å². The van der Waals surface area contributed by atoms with Crippen LogP contribution in [0.3, 0.4) is 0 Å². The van der Waals surface area contributed by atoms with Crippen LogP contribution in [0.15, 0.2) is 46.9 Å². The fraction of sp³-hybridized carbons (Fsp3) is 0.133. The van der Waals surface area contributed by atoms with Crippen molar-refractivity contribution in [3.8, 4) is 0 Å². The molecular weight excluding hydrogens is 326 g/mol. The Balaban J connectivity index is 2.19. The normalized spacial score (nSPS) is 10.3. The number of halogens is 2. The van der Waals surface area contributed by atoms with Crippen LogP contribution in [0.4, 0.5) is 5.69 Å². The molecule has 98 valence electrons. The maximum Gasteiger partial charge on any atom is 0.255 e. The van der Waals surface area contributed by atoms with Crippen LogP contribution in [0.1, 0.15) is 22.8 Å². The van der Waals surface area contributed by atoms with E-state index in [1.807, 2.05) is 18.2 Å². The van der Waals surface area contributed by atoms with Gasteiger partial charge in [-0.1, -0.05) is 30.7 Å². The van der Waals surface area contributed by atoms with E-state index in [0.29, 0.717) is 10.6 Å². The van der Waals surface area contributed by atoms with Crippen molar-refractivity contribution in [3.05, 3.63) is 63.1 Å². The Kier molecular flexibility index (Phi) is 4.61. The molecule has 0 aliphatic heterocycles. The third-order valence-electron chi connectivity index (χ3n) is 2.78. The van der Waals surface area contributed by atoms with E-state index in [2.05, 4.69) is 28.2 Å². The second-order valence-corrected chi connectivity index (χ2v) is 5.42. The zero-order valence-corrected chi connectivity index (χ0v) is 12.8. The third-order valence-corrected chi connectivity index (χ3v) is 3.67. The molecule has 0 fully saturated rings. The van der Waals surface area contributed by atoms with E-state index >= 15 is 0 Å². The number of nitrogens with one attached hydrogen (secondary N) is 1. The Morgan fingerprint density at radius 3 is 2.68 bits per heavy atom. The second kappa shape index (κ2) is 6.22. The SMILES string of the molecule is CCc1ccc(NC(=O)c2cccc(Cl)c2)c(Br)c1. The molecule has 0 heterocycles. The lowest BCUT2D eigenvalue weighted by molar-refractivity contribution is 0.102. The molecule has 0 bridgehead atoms. The quantitative estimate of drug-likeness (QED) is 0.846. The predicted molar refractivity (Wildman–Crippen MR) is 82.9 cm³/mol. The molecular formula is C15H13BrClNO. The summed E-state index contributed by atoms with van der Waals surface area (Å²) in [4.78, 5) is 12.1. The van der Waals surface area contributed by atoms with Gasteiger partial charge in [0.2, 0.25) is 0 Å². The van der Waals surface area contributed by atoms with Gasteiger partial charge in [-0.25, -0.2) is 0 Å². The zero-order chi connectivity index (χ0) is 13.8. The maximum absolute atomic E-state index is 12.1. The first-order chi connectivity index (χ1) is 9.10. The monoisotopic (exact) mass is 337 g/mol. The van der Waals surface area contributed by atoms with Crippen LogP contribution in [-0.2, 0) is 6.42 Å². The number of hydrogen-bond acceptors (Lipinski definition) is 1. The molecule has 1 amide bonds. The Morgan fingerprint density at radius 1 is 1.26 bits per heavy atom. The number of carbonyl (C=O) groups is 1. The molecule has 0 aliphatic rings. The summed E-state index contributed by atoms with van der Waals surface area (Å²) < 4.78 is 0.877. The molecule has 2 rings (SSSR count). The van der Waals surface area contributed by atoms with Gasteiger partial charge in [0, 0.05) is 15.1 Å². The number of anilines is 1. The summed E-state index contributed by atoms with van der Waals surface area (Å²) in [5.74, 6) is -0.174. The first-order valence-corrected chi connectivity index (χ1v) is 7.12. The largest absolute Gasteiger partial charge is 0.321 e. The summed E-state index contributed by atoms with van der Waals surface area (Å²) in [7, 11) is 0. The topological polar surface area (TPSA) is 29.1 Å². The number of rotatable bonds is 3. The van der Waals surface area contributed by atoms with Crippen LogP contribution in [0.2, 0.25) is 5.02 Å². The lowest BCUT2D eigenvalue weighted by atomic mass is 10.1. The molecule has 1 N–H and O–H groups in total. The van der Waals surface area contributed by atoms with Gasteiger partial charge in [0.05, 0.1) is 5.69 Å². The van der Waals surface area contributed by atoms with E-state index in [1.165, 1.54) is 5.56 Å². The number of carbonyl (C=O) groups excluding carboxylic acids is 1. The van der Waals surface area contributed by atoms with E-state index < -0.39 is 0 Å². The molecule has 19 heavy (non-hydrogen) atoms. The minimum Gasteiger partial charge on any atom is -0.321 e. The number of amides is 1. The molecule has 0 spiro atoms. The maximum atomic E-state index is 12.1. The average molecular weight is 339 g/mol. The number of aryl methyl sites for hydroxylation is 1. The molecule has 2 aromatic carbocycles. The molecule has 0 unspecified atom stereocenters. The van der Waals surface area contributed by atoms with Crippen LogP contribution in [0.25, 0.3) is 0 Å². The van der Waals surface area contributed by atoms with Gasteiger partial charge < -0.3 is 5.32 Å². The standard InChI is InChI=1S/C15H13BrClNO/c1-2-10-6-7-14(13(16)8-10)18-15(19)11-4-3-5-12(17)9-11/h3-9H,2H2,1H3,(H,18,19). The highest BCUT2D eigenvalue weighted by molar-refractivity contribution is 9.10. The second-order valence-electron chi connectivity index (χ2n) is 4.13. The molecule has 2 nitrogen and oxygen atoms in total. The first-order valence-electron chi connectivity index (χ1n) is 5.95. The van der Waals surface area contributed by atoms with Crippen molar-refractivity contribution in [2.45, 2.75) is 13.3 Å².